The van der Waals surface area contributed by atoms with E-state index in [4.69, 9.17) is 15.3 Å². The van der Waals surface area contributed by atoms with Crippen LogP contribution in [-0.4, -0.2) is 66.0 Å². The van der Waals surface area contributed by atoms with Gasteiger partial charge in [0.1, 0.15) is 24.0 Å². The third-order valence-electron chi connectivity index (χ3n) is 7.07. The Kier molecular flexibility index (Phi) is 15.2. The predicted molar refractivity (Wildman–Crippen MR) is 151 cm³/mol. The van der Waals surface area contributed by atoms with Gasteiger partial charge in [0, 0.05) is 5.56 Å². The molecule has 0 bridgehead atoms. The Labute approximate surface area is 306 Å². The summed E-state index contributed by atoms with van der Waals surface area (Å²) in [6, 6.07) is 0. The molecule has 0 amide bonds. The van der Waals surface area contributed by atoms with E-state index in [1.54, 1.807) is 0 Å². The second kappa shape index (κ2) is 18.4. The lowest BCUT2D eigenvalue weighted by molar-refractivity contribution is -0.156. The number of ether oxygens (including phenoxy) is 5. The number of hydrogen-bond acceptors (Lipinski definition) is 11. The second-order valence-corrected chi connectivity index (χ2v) is 11.4. The first kappa shape index (κ1) is 47.2. The number of rotatable bonds is 7. The molecule has 0 spiro atoms. The number of carboxylic acid groups (broad SMARTS) is 1. The molecule has 0 atom stereocenters. The van der Waals surface area contributed by atoms with Crippen molar-refractivity contribution in [2.75, 3.05) is 26.4 Å². The SMILES string of the molecule is CC(CO)(CO)C(=O)O.Cc1c(F)c(F)c(F)c(OC(=O)C2(C)COC(=O)OC2)c1F.O=C(Oc1c(F)c(F)c(F)c(F)c1F)Oc1c(F)c(F)c(F)c(F)c1F. The standard InChI is InChI=1S/C13F10O3.C13H10F4O5.C5H10O4/c14-1-3(16)7(20)11(8(21)4(1)17)25-13(24)26-12-9(22)5(18)2(15)6(19)10(12)23;1-5-6(14)8(16)9(17)10(7(5)15)22-11(18)13(2)3-20-12(19)21-4-13;1-5(2-6,3-7)4(8)9/h;3-4H2,1-2H3;6-7H,2-3H2,1H3,(H,8,9). The molecule has 57 heavy (non-hydrogen) atoms. The van der Waals surface area contributed by atoms with Crippen LogP contribution in [0.2, 0.25) is 0 Å². The van der Waals surface area contributed by atoms with Crippen LogP contribution in [0, 0.1) is 99.2 Å². The summed E-state index contributed by atoms with van der Waals surface area (Å²) < 4.78 is 205. The maximum absolute atomic E-state index is 13.8. The quantitative estimate of drug-likeness (QED) is 0.0602. The summed E-state index contributed by atoms with van der Waals surface area (Å²) in [7, 11) is 0. The average molecular weight is 850 g/mol. The van der Waals surface area contributed by atoms with Crippen LogP contribution in [0.4, 0.5) is 71.1 Å². The maximum Gasteiger partial charge on any atom is 0.519 e. The van der Waals surface area contributed by atoms with Crippen LogP contribution < -0.4 is 14.2 Å². The van der Waals surface area contributed by atoms with Crippen molar-refractivity contribution in [2.24, 2.45) is 10.8 Å². The average Bonchev–Trinajstić information content (AvgIpc) is 3.19. The molecule has 12 nitrogen and oxygen atoms in total. The van der Waals surface area contributed by atoms with Crippen molar-refractivity contribution < 1.29 is 120 Å². The zero-order chi connectivity index (χ0) is 44.1. The van der Waals surface area contributed by atoms with Crippen LogP contribution in [0.5, 0.6) is 17.2 Å². The predicted octanol–water partition coefficient (Wildman–Crippen LogP) is 6.35. The fraction of sp³-hybridized carbons (Fsp3) is 0.290. The number of cyclic esters (lactones) is 2. The van der Waals surface area contributed by atoms with Gasteiger partial charge in [-0.25, -0.2) is 49.1 Å². The van der Waals surface area contributed by atoms with Gasteiger partial charge < -0.3 is 39.0 Å². The Balaban J connectivity index is 0.000000328. The molecule has 314 valence electrons. The number of carbonyl (C=O) groups excluding carboxylic acids is 3. The largest absolute Gasteiger partial charge is 0.519 e. The van der Waals surface area contributed by atoms with Crippen molar-refractivity contribution in [2.45, 2.75) is 20.8 Å². The van der Waals surface area contributed by atoms with Crippen LogP contribution in [-0.2, 0) is 19.1 Å². The van der Waals surface area contributed by atoms with Crippen LogP contribution in [0.1, 0.15) is 19.4 Å². The van der Waals surface area contributed by atoms with E-state index < -0.39 is 166 Å². The van der Waals surface area contributed by atoms with Crippen LogP contribution in [0.25, 0.3) is 0 Å². The summed E-state index contributed by atoms with van der Waals surface area (Å²) in [5, 5.41) is 25.1. The number of benzene rings is 3. The molecule has 0 radical (unpaired) electrons. The van der Waals surface area contributed by atoms with Crippen molar-refractivity contribution in [3.05, 3.63) is 87.0 Å². The highest BCUT2D eigenvalue weighted by molar-refractivity contribution is 5.80. The van der Waals surface area contributed by atoms with Gasteiger partial charge in [-0.05, 0) is 20.8 Å². The first-order chi connectivity index (χ1) is 26.2. The molecule has 1 aliphatic rings. The number of carbonyl (C=O) groups is 4. The lowest BCUT2D eigenvalue weighted by Gasteiger charge is -2.29. The Hall–Kier alpha value is -5.92. The molecule has 4 rings (SSSR count). The monoisotopic (exact) mass is 850 g/mol. The fourth-order valence-electron chi connectivity index (χ4n) is 3.39. The molecular formula is C31H20F14O12. The van der Waals surface area contributed by atoms with E-state index in [0.717, 1.165) is 6.92 Å². The lowest BCUT2D eigenvalue weighted by atomic mass is 9.92. The highest BCUT2D eigenvalue weighted by atomic mass is 19.2. The number of aliphatic hydroxyl groups is 2. The van der Waals surface area contributed by atoms with Gasteiger partial charge in [-0.2, -0.15) is 22.0 Å². The molecule has 1 aliphatic heterocycles. The second-order valence-electron chi connectivity index (χ2n) is 11.4. The van der Waals surface area contributed by atoms with Crippen molar-refractivity contribution in [1.82, 2.24) is 0 Å². The number of esters is 1. The van der Waals surface area contributed by atoms with Crippen molar-refractivity contribution in [3.8, 4) is 17.2 Å². The van der Waals surface area contributed by atoms with Gasteiger partial charge in [0.05, 0.1) is 13.2 Å². The molecule has 0 saturated carbocycles. The minimum absolute atomic E-state index is 0.448. The van der Waals surface area contributed by atoms with Gasteiger partial charge in [0.15, 0.2) is 17.5 Å². The van der Waals surface area contributed by atoms with E-state index in [0.29, 0.717) is 0 Å². The van der Waals surface area contributed by atoms with Gasteiger partial charge >= 0.3 is 24.2 Å². The first-order valence-electron chi connectivity index (χ1n) is 14.4. The summed E-state index contributed by atoms with van der Waals surface area (Å²) in [5.74, 6) is -41.4. The minimum Gasteiger partial charge on any atom is -0.481 e. The highest BCUT2D eigenvalue weighted by Gasteiger charge is 2.43. The number of aliphatic hydroxyl groups excluding tert-OH is 2. The van der Waals surface area contributed by atoms with Crippen molar-refractivity contribution in [3.63, 3.8) is 0 Å². The third kappa shape index (κ3) is 9.91. The molecule has 1 fully saturated rings. The van der Waals surface area contributed by atoms with Gasteiger partial charge in [-0.3, -0.25) is 9.59 Å². The van der Waals surface area contributed by atoms with Crippen LogP contribution in [0.15, 0.2) is 0 Å². The van der Waals surface area contributed by atoms with E-state index in [9.17, 15) is 80.6 Å². The molecule has 1 heterocycles. The normalized spacial score (nSPS) is 13.2. The molecule has 3 aromatic rings. The molecule has 1 saturated heterocycles. The number of halogens is 14. The van der Waals surface area contributed by atoms with Gasteiger partial charge in [-0.15, -0.1) is 0 Å². The van der Waals surface area contributed by atoms with Crippen molar-refractivity contribution in [1.29, 1.82) is 0 Å². The Bertz CT molecular complexity index is 1920. The van der Waals surface area contributed by atoms with E-state index in [-0.39, 0.29) is 0 Å². The third-order valence-corrected chi connectivity index (χ3v) is 7.07. The van der Waals surface area contributed by atoms with Gasteiger partial charge in [-0.1, -0.05) is 0 Å². The van der Waals surface area contributed by atoms with Crippen LogP contribution >= 0.6 is 0 Å². The topological polar surface area (TPSA) is 175 Å². The Morgan fingerprint density at radius 3 is 1.18 bits per heavy atom. The Morgan fingerprint density at radius 1 is 0.579 bits per heavy atom. The molecule has 3 N–H and O–H groups in total. The van der Waals surface area contributed by atoms with E-state index in [1.807, 2.05) is 0 Å². The summed E-state index contributed by atoms with van der Waals surface area (Å²) in [4.78, 5) is 44.1. The Morgan fingerprint density at radius 2 is 0.877 bits per heavy atom. The molecular weight excluding hydrogens is 830 g/mol. The molecule has 0 unspecified atom stereocenters. The van der Waals surface area contributed by atoms with E-state index in [2.05, 4.69) is 23.7 Å². The summed E-state index contributed by atoms with van der Waals surface area (Å²) in [6.45, 7) is 1.40. The fourth-order valence-corrected chi connectivity index (χ4v) is 3.39. The maximum atomic E-state index is 13.8. The summed E-state index contributed by atoms with van der Waals surface area (Å²) in [5.41, 5.74) is -3.76. The van der Waals surface area contributed by atoms with Gasteiger partial charge in [0.2, 0.25) is 81.2 Å². The zero-order valence-corrected chi connectivity index (χ0v) is 28.1. The number of hydrogen-bond donors (Lipinski definition) is 3. The van der Waals surface area contributed by atoms with E-state index in [1.165, 1.54) is 13.8 Å². The molecule has 0 aromatic heterocycles. The lowest BCUT2D eigenvalue weighted by Crippen LogP contribution is -2.45. The molecule has 3 aromatic carbocycles. The minimum atomic E-state index is -2.62. The van der Waals surface area contributed by atoms with E-state index >= 15 is 0 Å². The summed E-state index contributed by atoms with van der Waals surface area (Å²) >= 11 is 0. The highest BCUT2D eigenvalue weighted by Crippen LogP contribution is 2.34. The number of aliphatic carboxylic acids is 1. The summed E-state index contributed by atoms with van der Waals surface area (Å²) in [6.07, 6.45) is -3.57. The zero-order valence-electron chi connectivity index (χ0n) is 28.1. The molecule has 26 heteroatoms. The van der Waals surface area contributed by atoms with Crippen molar-refractivity contribution >= 4 is 24.2 Å². The molecule has 0 aliphatic carbocycles. The smallest absolute Gasteiger partial charge is 0.481 e. The van der Waals surface area contributed by atoms with Gasteiger partial charge in [0.25, 0.3) is 0 Å². The number of carboxylic acids is 1. The first-order valence-corrected chi connectivity index (χ1v) is 14.4. The van der Waals surface area contributed by atoms with Crippen LogP contribution in [0.3, 0.4) is 0 Å².